The Morgan fingerprint density at radius 2 is 1.97 bits per heavy atom. The molecule has 178 valence electrons. The van der Waals surface area contributed by atoms with Crippen LogP contribution in [0.15, 0.2) is 63.3 Å². The van der Waals surface area contributed by atoms with Gasteiger partial charge in [0, 0.05) is 15.5 Å². The number of amides is 1. The van der Waals surface area contributed by atoms with E-state index in [2.05, 4.69) is 18.0 Å². The van der Waals surface area contributed by atoms with Crippen molar-refractivity contribution in [3.05, 3.63) is 70.9 Å². The molecule has 0 bridgehead atoms. The maximum Gasteiger partial charge on any atom is 0.416 e. The number of alkyl halides is 3. The maximum atomic E-state index is 13.5. The largest absolute Gasteiger partial charge is 0.416 e. The first-order chi connectivity index (χ1) is 16.7. The van der Waals surface area contributed by atoms with Crippen LogP contribution < -0.4 is 4.90 Å². The number of thioether (sulfide) groups is 1. The molecule has 3 aromatic rings. The Kier molecular flexibility index (Phi) is 6.28. The van der Waals surface area contributed by atoms with Crippen LogP contribution in [0.4, 0.5) is 24.5 Å². The summed E-state index contributed by atoms with van der Waals surface area (Å²) in [7, 11) is 0. The topological polar surface area (TPSA) is 57.0 Å². The Bertz CT molecular complexity index is 1370. The number of fused-ring (bicyclic) bond motifs is 3. The lowest BCUT2D eigenvalue weighted by atomic mass is 9.87. The molecule has 9 heteroatoms. The summed E-state index contributed by atoms with van der Waals surface area (Å²) in [6.07, 6.45) is -1.79. The Labute approximate surface area is 209 Å². The van der Waals surface area contributed by atoms with Crippen LogP contribution in [0.5, 0.6) is 0 Å². The molecule has 5 rings (SSSR count). The molecule has 1 atom stereocenters. The summed E-state index contributed by atoms with van der Waals surface area (Å²) in [6.45, 7) is 2.17. The molecular weight excluding hydrogens is 491 g/mol. The molecule has 1 unspecified atom stereocenters. The Morgan fingerprint density at radius 3 is 2.74 bits per heavy atom. The maximum absolute atomic E-state index is 13.5. The Balaban J connectivity index is 1.47. The van der Waals surface area contributed by atoms with Gasteiger partial charge in [-0.2, -0.15) is 18.4 Å². The summed E-state index contributed by atoms with van der Waals surface area (Å²) < 4.78 is 40.3. The van der Waals surface area contributed by atoms with Gasteiger partial charge in [-0.1, -0.05) is 42.6 Å². The zero-order valence-electron chi connectivity index (χ0n) is 18.7. The second kappa shape index (κ2) is 9.25. The van der Waals surface area contributed by atoms with E-state index in [1.807, 2.05) is 18.2 Å². The number of para-hydroxylation sites is 1. The Morgan fingerprint density at radius 1 is 1.20 bits per heavy atom. The molecule has 1 aliphatic carbocycles. The standard InChI is InChI=1S/C26H20F3N3OS2/c1-15-6-8-19-16(10-15)11-17(13-30)25(31-19)34-14-24(33)32-20-4-2-3-5-22(20)35-23-9-7-18(12-21(23)32)26(27,28)29/h2-5,7,9,11-12,15H,6,8,10,14H2,1H3. The van der Waals surface area contributed by atoms with Crippen molar-refractivity contribution < 1.29 is 18.0 Å². The number of nitrogens with zero attached hydrogens (tertiary/aromatic N) is 3. The lowest BCUT2D eigenvalue weighted by Crippen LogP contribution is -2.30. The van der Waals surface area contributed by atoms with E-state index in [-0.39, 0.29) is 17.3 Å². The number of hydrogen-bond donors (Lipinski definition) is 0. The molecule has 1 amide bonds. The van der Waals surface area contributed by atoms with Crippen LogP contribution >= 0.6 is 23.5 Å². The van der Waals surface area contributed by atoms with E-state index >= 15 is 0 Å². The molecule has 1 aliphatic heterocycles. The van der Waals surface area contributed by atoms with Gasteiger partial charge in [-0.05, 0) is 67.1 Å². The van der Waals surface area contributed by atoms with Crippen molar-refractivity contribution in [1.29, 1.82) is 5.26 Å². The first-order valence-corrected chi connectivity index (χ1v) is 12.9. The summed E-state index contributed by atoms with van der Waals surface area (Å²) in [5, 5.41) is 10.1. The van der Waals surface area contributed by atoms with E-state index in [0.29, 0.717) is 27.1 Å². The first-order valence-electron chi connectivity index (χ1n) is 11.1. The van der Waals surface area contributed by atoms with Gasteiger partial charge in [0.15, 0.2) is 0 Å². The van der Waals surface area contributed by atoms with Crippen molar-refractivity contribution in [3.8, 4) is 6.07 Å². The van der Waals surface area contributed by atoms with Crippen molar-refractivity contribution in [1.82, 2.24) is 4.98 Å². The lowest BCUT2D eigenvalue weighted by Gasteiger charge is -2.31. The first kappa shape index (κ1) is 23.8. The van der Waals surface area contributed by atoms with E-state index in [9.17, 15) is 23.2 Å². The minimum atomic E-state index is -4.52. The van der Waals surface area contributed by atoms with Crippen LogP contribution in [0.2, 0.25) is 0 Å². The predicted octanol–water partition coefficient (Wildman–Crippen LogP) is 7.02. The average molecular weight is 512 g/mol. The molecule has 0 fully saturated rings. The Hall–Kier alpha value is -2.96. The zero-order chi connectivity index (χ0) is 24.7. The minimum Gasteiger partial charge on any atom is -0.278 e. The summed E-state index contributed by atoms with van der Waals surface area (Å²) in [5.74, 6) is 0.0981. The number of benzene rings is 2. The minimum absolute atomic E-state index is 0.0639. The van der Waals surface area contributed by atoms with Crippen LogP contribution in [0, 0.1) is 17.2 Å². The molecule has 0 radical (unpaired) electrons. The molecule has 35 heavy (non-hydrogen) atoms. The number of hydrogen-bond acceptors (Lipinski definition) is 5. The van der Waals surface area contributed by atoms with Gasteiger partial charge in [-0.25, -0.2) is 4.98 Å². The predicted molar refractivity (Wildman–Crippen MR) is 130 cm³/mol. The number of anilines is 2. The van der Waals surface area contributed by atoms with Crippen molar-refractivity contribution in [2.75, 3.05) is 10.7 Å². The average Bonchev–Trinajstić information content (AvgIpc) is 2.84. The van der Waals surface area contributed by atoms with Crippen LogP contribution in [0.3, 0.4) is 0 Å². The highest BCUT2D eigenvalue weighted by molar-refractivity contribution is 8.00. The van der Waals surface area contributed by atoms with Crippen LogP contribution in [-0.2, 0) is 23.8 Å². The third-order valence-corrected chi connectivity index (χ3v) is 8.26. The molecule has 0 saturated carbocycles. The van der Waals surface area contributed by atoms with Crippen molar-refractivity contribution in [2.24, 2.45) is 5.92 Å². The number of nitriles is 1. The van der Waals surface area contributed by atoms with Crippen molar-refractivity contribution >= 4 is 40.8 Å². The monoisotopic (exact) mass is 511 g/mol. The summed E-state index contributed by atoms with van der Waals surface area (Å²) in [6, 6.07) is 14.7. The summed E-state index contributed by atoms with van der Waals surface area (Å²) >= 11 is 2.49. The fourth-order valence-electron chi connectivity index (χ4n) is 4.41. The van der Waals surface area contributed by atoms with E-state index < -0.39 is 11.7 Å². The third-order valence-electron chi connectivity index (χ3n) is 6.15. The quantitative estimate of drug-likeness (QED) is 0.354. The highest BCUT2D eigenvalue weighted by atomic mass is 32.2. The number of halogens is 3. The van der Waals surface area contributed by atoms with Crippen LogP contribution in [0.25, 0.3) is 0 Å². The van der Waals surface area contributed by atoms with Gasteiger partial charge in [0.05, 0.1) is 28.3 Å². The number of aromatic nitrogens is 1. The molecule has 0 saturated heterocycles. The van der Waals surface area contributed by atoms with Gasteiger partial charge in [0.2, 0.25) is 5.91 Å². The number of carbonyl (C=O) groups excluding carboxylic acids is 1. The molecule has 2 aromatic carbocycles. The van der Waals surface area contributed by atoms with E-state index in [4.69, 9.17) is 0 Å². The fourth-order valence-corrected chi connectivity index (χ4v) is 6.27. The second-order valence-electron chi connectivity index (χ2n) is 8.67. The summed E-state index contributed by atoms with van der Waals surface area (Å²) in [4.78, 5) is 20.9. The van der Waals surface area contributed by atoms with E-state index in [1.165, 1.54) is 22.7 Å². The van der Waals surface area contributed by atoms with Crippen LogP contribution in [-0.4, -0.2) is 16.6 Å². The van der Waals surface area contributed by atoms with E-state index in [1.54, 1.807) is 12.1 Å². The number of carbonyl (C=O) groups is 1. The SMILES string of the molecule is CC1CCc2nc(SCC(=O)N3c4ccccc4Sc4ccc(C(F)(F)F)cc43)c(C#N)cc2C1. The lowest BCUT2D eigenvalue weighted by molar-refractivity contribution is -0.137. The molecular formula is C26H20F3N3OS2. The molecule has 4 nitrogen and oxygen atoms in total. The highest BCUT2D eigenvalue weighted by Gasteiger charge is 2.35. The van der Waals surface area contributed by atoms with Gasteiger partial charge in [0.1, 0.15) is 11.1 Å². The normalized spacial score (nSPS) is 16.7. The molecule has 2 heterocycles. The number of pyridine rings is 1. The van der Waals surface area contributed by atoms with E-state index in [0.717, 1.165) is 59.3 Å². The highest BCUT2D eigenvalue weighted by Crippen LogP contribution is 2.49. The van der Waals surface area contributed by atoms with Crippen molar-refractivity contribution in [2.45, 2.75) is 47.2 Å². The van der Waals surface area contributed by atoms with Gasteiger partial charge in [-0.15, -0.1) is 0 Å². The zero-order valence-corrected chi connectivity index (χ0v) is 20.4. The molecule has 0 spiro atoms. The van der Waals surface area contributed by atoms with Gasteiger partial charge in [0.25, 0.3) is 0 Å². The van der Waals surface area contributed by atoms with Crippen LogP contribution in [0.1, 0.15) is 35.7 Å². The number of aryl methyl sites for hydroxylation is 1. The van der Waals surface area contributed by atoms with Gasteiger partial charge in [-0.3, -0.25) is 9.69 Å². The smallest absolute Gasteiger partial charge is 0.278 e. The molecule has 1 aromatic heterocycles. The summed E-state index contributed by atoms with van der Waals surface area (Å²) in [5.41, 5.74) is 2.40. The third kappa shape index (κ3) is 4.65. The second-order valence-corrected chi connectivity index (χ2v) is 10.7. The fraction of sp³-hybridized carbons (Fsp3) is 0.269. The van der Waals surface area contributed by atoms with Gasteiger partial charge < -0.3 is 0 Å². The number of rotatable bonds is 3. The molecule has 2 aliphatic rings. The van der Waals surface area contributed by atoms with Crippen molar-refractivity contribution in [3.63, 3.8) is 0 Å². The molecule has 0 N–H and O–H groups in total. The van der Waals surface area contributed by atoms with Gasteiger partial charge >= 0.3 is 6.18 Å².